The highest BCUT2D eigenvalue weighted by atomic mass is 16.6. The Balaban J connectivity index is 2.36. The average molecular weight is 283 g/mol. The number of nitro groups is 1. The third-order valence-corrected chi connectivity index (χ3v) is 4.49. The van der Waals surface area contributed by atoms with Gasteiger partial charge in [0, 0.05) is 17.8 Å². The Hall–Kier alpha value is -1.00. The van der Waals surface area contributed by atoms with Gasteiger partial charge in [0.25, 0.3) is 0 Å². The van der Waals surface area contributed by atoms with Gasteiger partial charge in [0.1, 0.15) is 0 Å². The molecule has 0 aromatic heterocycles. The molecule has 0 aromatic carbocycles. The van der Waals surface area contributed by atoms with E-state index >= 15 is 0 Å². The minimum atomic E-state index is -0.429. The van der Waals surface area contributed by atoms with E-state index in [1.54, 1.807) is 0 Å². The molecule has 20 heavy (non-hydrogen) atoms. The van der Waals surface area contributed by atoms with E-state index in [2.05, 4.69) is 24.1 Å². The Labute approximate surface area is 122 Å². The van der Waals surface area contributed by atoms with Gasteiger partial charge in [-0.15, -0.1) is 0 Å². The molecule has 0 N–H and O–H groups in total. The van der Waals surface area contributed by atoms with Crippen LogP contribution in [0.5, 0.6) is 0 Å². The molecule has 5 nitrogen and oxygen atoms in total. The van der Waals surface area contributed by atoms with Crippen LogP contribution in [-0.2, 0) is 0 Å². The minimum Gasteiger partial charge on any atom is -0.264 e. The van der Waals surface area contributed by atoms with E-state index in [9.17, 15) is 10.1 Å². The molecule has 0 heterocycles. The third-order valence-electron chi connectivity index (χ3n) is 4.49. The van der Waals surface area contributed by atoms with Crippen LogP contribution in [0.15, 0.2) is 10.2 Å². The van der Waals surface area contributed by atoms with Crippen molar-refractivity contribution in [3.05, 3.63) is 10.1 Å². The summed E-state index contributed by atoms with van der Waals surface area (Å²) < 4.78 is 0. The second-order valence-electron chi connectivity index (χ2n) is 6.47. The molecule has 5 unspecified atom stereocenters. The second-order valence-corrected chi connectivity index (χ2v) is 6.47. The zero-order chi connectivity index (χ0) is 15.1. The number of hydrogen-bond acceptors (Lipinski definition) is 4. The van der Waals surface area contributed by atoms with Crippen molar-refractivity contribution in [2.75, 3.05) is 0 Å². The molecule has 1 aliphatic rings. The molecule has 0 radical (unpaired) electrons. The van der Waals surface area contributed by atoms with Crippen LogP contribution in [0.1, 0.15) is 66.2 Å². The number of azo groups is 1. The summed E-state index contributed by atoms with van der Waals surface area (Å²) in [4.78, 5) is 10.6. The van der Waals surface area contributed by atoms with Crippen molar-refractivity contribution in [1.29, 1.82) is 0 Å². The van der Waals surface area contributed by atoms with Crippen molar-refractivity contribution in [3.63, 3.8) is 0 Å². The molecule has 0 bridgehead atoms. The zero-order valence-electron chi connectivity index (χ0n) is 13.3. The summed E-state index contributed by atoms with van der Waals surface area (Å²) in [6.07, 6.45) is 5.54. The van der Waals surface area contributed by atoms with E-state index in [0.717, 1.165) is 18.8 Å². The van der Waals surface area contributed by atoms with Gasteiger partial charge in [-0.3, -0.25) is 10.1 Å². The number of hydrogen-bond donors (Lipinski definition) is 0. The fraction of sp³-hybridized carbons (Fsp3) is 1.00. The summed E-state index contributed by atoms with van der Waals surface area (Å²) in [5, 5.41) is 19.7. The minimum absolute atomic E-state index is 0.0931. The molecule has 1 fully saturated rings. The first kappa shape index (κ1) is 17.1. The number of rotatable bonds is 7. The molecule has 0 saturated heterocycles. The van der Waals surface area contributed by atoms with E-state index in [0.29, 0.717) is 24.8 Å². The van der Waals surface area contributed by atoms with E-state index in [4.69, 9.17) is 0 Å². The first-order valence-corrected chi connectivity index (χ1v) is 7.97. The maximum absolute atomic E-state index is 10.8. The monoisotopic (exact) mass is 283 g/mol. The fourth-order valence-electron chi connectivity index (χ4n) is 2.97. The first-order chi connectivity index (χ1) is 9.43. The van der Waals surface area contributed by atoms with Crippen LogP contribution in [0.3, 0.4) is 0 Å². The lowest BCUT2D eigenvalue weighted by atomic mass is 9.80. The van der Waals surface area contributed by atoms with Gasteiger partial charge < -0.3 is 0 Å². The first-order valence-electron chi connectivity index (χ1n) is 7.97. The van der Waals surface area contributed by atoms with Crippen LogP contribution < -0.4 is 0 Å². The average Bonchev–Trinajstić information content (AvgIpc) is 2.38. The predicted octanol–water partition coefficient (Wildman–Crippen LogP) is 4.49. The highest BCUT2D eigenvalue weighted by Crippen LogP contribution is 2.31. The zero-order valence-corrected chi connectivity index (χ0v) is 13.3. The van der Waals surface area contributed by atoms with Crippen molar-refractivity contribution in [1.82, 2.24) is 0 Å². The lowest BCUT2D eigenvalue weighted by molar-refractivity contribution is -0.523. The molecule has 0 aromatic rings. The molecule has 0 spiro atoms. The maximum Gasteiger partial charge on any atom is 0.213 e. The molecular weight excluding hydrogens is 254 g/mol. The lowest BCUT2D eigenvalue weighted by Gasteiger charge is -2.29. The van der Waals surface area contributed by atoms with Crippen molar-refractivity contribution in [3.8, 4) is 0 Å². The Morgan fingerprint density at radius 1 is 1.30 bits per heavy atom. The standard InChI is InChI=1S/C15H29N3O2/c1-5-14(18(19)20)8-7-13(4)16-17-15-9-6-11(2)10-12(15)3/h11-15H,5-10H2,1-4H3. The van der Waals surface area contributed by atoms with Gasteiger partial charge in [-0.25, -0.2) is 0 Å². The molecule has 1 saturated carbocycles. The molecule has 0 aliphatic heterocycles. The van der Waals surface area contributed by atoms with E-state index in [1.807, 2.05) is 13.8 Å². The van der Waals surface area contributed by atoms with E-state index in [1.165, 1.54) is 12.8 Å². The van der Waals surface area contributed by atoms with Crippen LogP contribution in [0.25, 0.3) is 0 Å². The van der Waals surface area contributed by atoms with Crippen LogP contribution in [0.4, 0.5) is 0 Å². The summed E-state index contributed by atoms with van der Waals surface area (Å²) in [7, 11) is 0. The van der Waals surface area contributed by atoms with E-state index in [-0.39, 0.29) is 11.0 Å². The van der Waals surface area contributed by atoms with Gasteiger partial charge in [0.2, 0.25) is 6.04 Å². The van der Waals surface area contributed by atoms with Gasteiger partial charge in [-0.05, 0) is 44.4 Å². The quantitative estimate of drug-likeness (QED) is 0.392. The van der Waals surface area contributed by atoms with E-state index < -0.39 is 6.04 Å². The van der Waals surface area contributed by atoms with Crippen LogP contribution in [0, 0.1) is 22.0 Å². The predicted molar refractivity (Wildman–Crippen MR) is 80.6 cm³/mol. The Morgan fingerprint density at radius 2 is 2.00 bits per heavy atom. The normalized spacial score (nSPS) is 30.3. The summed E-state index contributed by atoms with van der Waals surface area (Å²) >= 11 is 0. The van der Waals surface area contributed by atoms with Crippen molar-refractivity contribution >= 4 is 0 Å². The summed E-state index contributed by atoms with van der Waals surface area (Å²) in [6, 6.07) is 0.0174. The summed E-state index contributed by atoms with van der Waals surface area (Å²) in [6.45, 7) is 8.43. The van der Waals surface area contributed by atoms with Crippen molar-refractivity contribution in [2.24, 2.45) is 22.1 Å². The summed E-state index contributed by atoms with van der Waals surface area (Å²) in [5.74, 6) is 1.41. The maximum atomic E-state index is 10.8. The second kappa shape index (κ2) is 8.32. The van der Waals surface area contributed by atoms with Gasteiger partial charge in [0.05, 0.1) is 12.1 Å². The summed E-state index contributed by atoms with van der Waals surface area (Å²) in [5.41, 5.74) is 0. The molecule has 116 valence electrons. The van der Waals surface area contributed by atoms with Crippen molar-refractivity contribution in [2.45, 2.75) is 84.3 Å². The Kier molecular flexibility index (Phi) is 7.10. The van der Waals surface area contributed by atoms with Crippen LogP contribution >= 0.6 is 0 Å². The van der Waals surface area contributed by atoms with Crippen LogP contribution in [-0.4, -0.2) is 23.0 Å². The topological polar surface area (TPSA) is 67.9 Å². The van der Waals surface area contributed by atoms with Crippen molar-refractivity contribution < 1.29 is 4.92 Å². The van der Waals surface area contributed by atoms with Gasteiger partial charge in [-0.1, -0.05) is 20.8 Å². The Morgan fingerprint density at radius 3 is 2.55 bits per heavy atom. The largest absolute Gasteiger partial charge is 0.264 e. The number of nitrogens with zero attached hydrogens (tertiary/aromatic N) is 3. The van der Waals surface area contributed by atoms with Gasteiger partial charge in [0.15, 0.2) is 0 Å². The lowest BCUT2D eigenvalue weighted by Crippen LogP contribution is -2.24. The molecule has 1 rings (SSSR count). The molecule has 5 atom stereocenters. The van der Waals surface area contributed by atoms with Gasteiger partial charge in [-0.2, -0.15) is 10.2 Å². The Bertz CT molecular complexity index is 333. The SMILES string of the molecule is CCC(CCC(C)N=NC1CCC(C)CC1C)[N+](=O)[O-]. The molecule has 5 heteroatoms. The fourth-order valence-corrected chi connectivity index (χ4v) is 2.97. The highest BCUT2D eigenvalue weighted by molar-refractivity contribution is 4.80. The smallest absolute Gasteiger partial charge is 0.213 e. The third kappa shape index (κ3) is 5.55. The van der Waals surface area contributed by atoms with Crippen LogP contribution in [0.2, 0.25) is 0 Å². The molecule has 0 amide bonds. The highest BCUT2D eigenvalue weighted by Gasteiger charge is 2.25. The molecular formula is C15H29N3O2. The molecule has 1 aliphatic carbocycles. The van der Waals surface area contributed by atoms with Gasteiger partial charge >= 0.3 is 0 Å².